The summed E-state index contributed by atoms with van der Waals surface area (Å²) >= 11 is 3.42. The van der Waals surface area contributed by atoms with Crippen molar-refractivity contribution >= 4 is 22.0 Å². The zero-order valence-corrected chi connectivity index (χ0v) is 15.5. The fourth-order valence-electron chi connectivity index (χ4n) is 3.18. The number of ether oxygens (including phenoxy) is 1. The Bertz CT molecular complexity index is 775. The van der Waals surface area contributed by atoms with Gasteiger partial charge in [0.25, 0.3) is 0 Å². The molecule has 2 atom stereocenters. The van der Waals surface area contributed by atoms with E-state index in [1.807, 2.05) is 31.2 Å². The molecule has 1 fully saturated rings. The van der Waals surface area contributed by atoms with Gasteiger partial charge in [-0.3, -0.25) is 4.90 Å². The van der Waals surface area contributed by atoms with Gasteiger partial charge in [-0.1, -0.05) is 46.3 Å². The first-order valence-corrected chi connectivity index (χ1v) is 8.86. The molecular formula is C20H19BrFNO2. The van der Waals surface area contributed by atoms with E-state index in [0.29, 0.717) is 13.0 Å². The lowest BCUT2D eigenvalue weighted by atomic mass is 9.90. The molecule has 1 aliphatic heterocycles. The van der Waals surface area contributed by atoms with Gasteiger partial charge in [0.05, 0.1) is 12.6 Å². The first-order valence-electron chi connectivity index (χ1n) is 8.07. The van der Waals surface area contributed by atoms with Gasteiger partial charge in [-0.2, -0.15) is 0 Å². The summed E-state index contributed by atoms with van der Waals surface area (Å²) in [6, 6.07) is 13.8. The van der Waals surface area contributed by atoms with E-state index in [9.17, 15) is 9.18 Å². The number of benzene rings is 2. The van der Waals surface area contributed by atoms with E-state index in [-0.39, 0.29) is 18.0 Å². The second-order valence-electron chi connectivity index (χ2n) is 6.22. The van der Waals surface area contributed by atoms with Crippen molar-refractivity contribution in [2.75, 3.05) is 6.54 Å². The van der Waals surface area contributed by atoms with Crippen molar-refractivity contribution in [2.24, 2.45) is 0 Å². The van der Waals surface area contributed by atoms with Crippen LogP contribution in [0.3, 0.4) is 0 Å². The average Bonchev–Trinajstić information content (AvgIpc) is 2.93. The van der Waals surface area contributed by atoms with Gasteiger partial charge in [0, 0.05) is 10.9 Å². The summed E-state index contributed by atoms with van der Waals surface area (Å²) in [5, 5.41) is 0. The van der Waals surface area contributed by atoms with Crippen molar-refractivity contribution in [1.29, 1.82) is 0 Å². The number of carbonyl (C=O) groups excluding carboxylic acids is 1. The largest absolute Gasteiger partial charge is 0.436 e. The molecule has 0 N–H and O–H groups in total. The van der Waals surface area contributed by atoms with Crippen LogP contribution in [0.1, 0.15) is 30.5 Å². The molecule has 1 saturated heterocycles. The van der Waals surface area contributed by atoms with Gasteiger partial charge in [-0.25, -0.2) is 9.18 Å². The van der Waals surface area contributed by atoms with Crippen LogP contribution in [-0.2, 0) is 10.3 Å². The van der Waals surface area contributed by atoms with E-state index < -0.39 is 5.60 Å². The van der Waals surface area contributed by atoms with E-state index in [1.165, 1.54) is 12.1 Å². The maximum Gasteiger partial charge on any atom is 0.411 e. The monoisotopic (exact) mass is 403 g/mol. The Kier molecular flexibility index (Phi) is 4.95. The second-order valence-corrected chi connectivity index (χ2v) is 7.13. The summed E-state index contributed by atoms with van der Waals surface area (Å²) in [4.78, 5) is 14.3. The molecule has 0 aliphatic carbocycles. The van der Waals surface area contributed by atoms with Gasteiger partial charge in [0.15, 0.2) is 5.60 Å². The van der Waals surface area contributed by atoms with Crippen molar-refractivity contribution in [3.8, 4) is 0 Å². The summed E-state index contributed by atoms with van der Waals surface area (Å²) in [6.07, 6.45) is 1.82. The lowest BCUT2D eigenvalue weighted by molar-refractivity contribution is 0.0568. The molecule has 3 nitrogen and oxygen atoms in total. The van der Waals surface area contributed by atoms with Crippen molar-refractivity contribution in [3.05, 3.63) is 82.6 Å². The van der Waals surface area contributed by atoms with E-state index >= 15 is 0 Å². The number of amides is 1. The lowest BCUT2D eigenvalue weighted by Gasteiger charge is -2.27. The third-order valence-electron chi connectivity index (χ3n) is 4.61. The Morgan fingerprint density at radius 2 is 1.92 bits per heavy atom. The van der Waals surface area contributed by atoms with Crippen LogP contribution in [0, 0.1) is 5.82 Å². The second kappa shape index (κ2) is 7.00. The molecule has 0 unspecified atom stereocenters. The van der Waals surface area contributed by atoms with Gasteiger partial charge in [-0.15, -0.1) is 6.58 Å². The number of hydrogen-bond acceptors (Lipinski definition) is 2. The zero-order chi connectivity index (χ0) is 18.0. The van der Waals surface area contributed by atoms with Gasteiger partial charge in [-0.05, 0) is 42.3 Å². The Morgan fingerprint density at radius 3 is 2.52 bits per heavy atom. The van der Waals surface area contributed by atoms with E-state index in [1.54, 1.807) is 23.1 Å². The molecule has 2 aromatic carbocycles. The van der Waals surface area contributed by atoms with Crippen LogP contribution < -0.4 is 0 Å². The maximum atomic E-state index is 13.3. The number of halogens is 2. The molecule has 0 aromatic heterocycles. The minimum atomic E-state index is -0.837. The van der Waals surface area contributed by atoms with Crippen LogP contribution in [0.5, 0.6) is 0 Å². The third-order valence-corrected chi connectivity index (χ3v) is 5.14. The highest BCUT2D eigenvalue weighted by atomic mass is 79.9. The van der Waals surface area contributed by atoms with Crippen molar-refractivity contribution in [2.45, 2.75) is 25.0 Å². The normalized spacial score (nSPS) is 21.1. The molecule has 1 heterocycles. The quantitative estimate of drug-likeness (QED) is 0.610. The predicted molar refractivity (Wildman–Crippen MR) is 98.6 cm³/mol. The molecule has 25 heavy (non-hydrogen) atoms. The number of nitrogens with zero attached hydrogens (tertiary/aromatic N) is 1. The Balaban J connectivity index is 1.91. The number of carbonyl (C=O) groups is 1. The van der Waals surface area contributed by atoms with E-state index in [0.717, 1.165) is 15.6 Å². The fraction of sp³-hybridized carbons (Fsp3) is 0.250. The predicted octanol–water partition coefficient (Wildman–Crippen LogP) is 5.57. The van der Waals surface area contributed by atoms with Crippen LogP contribution in [0.15, 0.2) is 65.7 Å². The fourth-order valence-corrected chi connectivity index (χ4v) is 3.44. The van der Waals surface area contributed by atoms with Gasteiger partial charge in [0.1, 0.15) is 5.82 Å². The molecule has 1 aliphatic rings. The van der Waals surface area contributed by atoms with Gasteiger partial charge < -0.3 is 4.74 Å². The average molecular weight is 404 g/mol. The highest BCUT2D eigenvalue weighted by Gasteiger charge is 2.47. The zero-order valence-electron chi connectivity index (χ0n) is 13.9. The molecule has 3 rings (SSSR count). The van der Waals surface area contributed by atoms with E-state index in [4.69, 9.17) is 4.74 Å². The molecule has 1 amide bonds. The van der Waals surface area contributed by atoms with Gasteiger partial charge in [0.2, 0.25) is 0 Å². The molecule has 5 heteroatoms. The van der Waals surface area contributed by atoms with Crippen LogP contribution in [-0.4, -0.2) is 17.5 Å². The lowest BCUT2D eigenvalue weighted by Crippen LogP contribution is -2.33. The Morgan fingerprint density at radius 1 is 1.28 bits per heavy atom. The minimum Gasteiger partial charge on any atom is -0.436 e. The number of rotatable bonds is 5. The van der Waals surface area contributed by atoms with Crippen molar-refractivity contribution in [3.63, 3.8) is 0 Å². The Labute approximate surface area is 155 Å². The molecule has 2 aromatic rings. The summed E-state index contributed by atoms with van der Waals surface area (Å²) in [5.74, 6) is -0.318. The molecule has 130 valence electrons. The summed E-state index contributed by atoms with van der Waals surface area (Å²) in [6.45, 7) is 6.15. The van der Waals surface area contributed by atoms with Gasteiger partial charge >= 0.3 is 6.09 Å². The van der Waals surface area contributed by atoms with Crippen LogP contribution in [0.4, 0.5) is 9.18 Å². The summed E-state index contributed by atoms with van der Waals surface area (Å²) < 4.78 is 20.0. The SMILES string of the molecule is C=CC[C@@]1(c2ccc(F)cc2)CN([C@@H](C)c2ccc(Br)cc2)C(=O)O1. The van der Waals surface area contributed by atoms with Crippen LogP contribution in [0.2, 0.25) is 0 Å². The molecule has 0 radical (unpaired) electrons. The highest BCUT2D eigenvalue weighted by Crippen LogP contribution is 2.40. The number of cyclic esters (lactones) is 1. The smallest absolute Gasteiger partial charge is 0.411 e. The van der Waals surface area contributed by atoms with E-state index in [2.05, 4.69) is 22.5 Å². The van der Waals surface area contributed by atoms with Crippen LogP contribution >= 0.6 is 15.9 Å². The topological polar surface area (TPSA) is 29.5 Å². The molecule has 0 saturated carbocycles. The van der Waals surface area contributed by atoms with Crippen molar-refractivity contribution in [1.82, 2.24) is 4.90 Å². The minimum absolute atomic E-state index is 0.132. The summed E-state index contributed by atoms with van der Waals surface area (Å²) in [7, 11) is 0. The van der Waals surface area contributed by atoms with Crippen molar-refractivity contribution < 1.29 is 13.9 Å². The molecule has 0 bridgehead atoms. The Hall–Kier alpha value is -2.14. The molecule has 0 spiro atoms. The third kappa shape index (κ3) is 3.47. The molecular weight excluding hydrogens is 385 g/mol. The summed E-state index contributed by atoms with van der Waals surface area (Å²) in [5.41, 5.74) is 0.956. The first-order chi connectivity index (χ1) is 11.9. The number of hydrogen-bond donors (Lipinski definition) is 0. The maximum absolute atomic E-state index is 13.3. The first kappa shape index (κ1) is 17.7. The highest BCUT2D eigenvalue weighted by molar-refractivity contribution is 9.10. The standard InChI is InChI=1S/C20H19BrFNO2/c1-3-12-20(16-6-10-18(22)11-7-16)13-23(19(24)25-20)14(2)15-4-8-17(21)9-5-15/h3-11,14H,1,12-13H2,2H3/t14-,20-/m0/s1. The van der Waals surface area contributed by atoms with Crippen LogP contribution in [0.25, 0.3) is 0 Å².